The lowest BCUT2D eigenvalue weighted by Gasteiger charge is -2.44. The Morgan fingerprint density at radius 3 is 2.27 bits per heavy atom. The van der Waals surface area contributed by atoms with Crippen molar-refractivity contribution in [1.82, 2.24) is 30.2 Å². The second-order valence-electron chi connectivity index (χ2n) is 17.5. The highest BCUT2D eigenvalue weighted by atomic mass is 19.1. The van der Waals surface area contributed by atoms with Crippen molar-refractivity contribution in [3.8, 4) is 0 Å². The molecule has 3 aromatic carbocycles. The summed E-state index contributed by atoms with van der Waals surface area (Å²) >= 11 is 0. The molecule has 4 saturated heterocycles. The molecule has 2 bridgehead atoms. The van der Waals surface area contributed by atoms with Crippen LogP contribution in [0.1, 0.15) is 92.5 Å². The van der Waals surface area contributed by atoms with Crippen LogP contribution in [0.2, 0.25) is 0 Å². The predicted molar refractivity (Wildman–Crippen MR) is 227 cm³/mol. The van der Waals surface area contributed by atoms with Crippen molar-refractivity contribution in [3.63, 3.8) is 0 Å². The van der Waals surface area contributed by atoms with Crippen LogP contribution in [0.25, 0.3) is 0 Å². The molecular formula is C46H48FN9O7. The number of fused-ring (bicyclic) bond motifs is 4. The first-order valence-corrected chi connectivity index (χ1v) is 21.7. The summed E-state index contributed by atoms with van der Waals surface area (Å²) in [5.74, 6) is -2.60. The number of benzene rings is 3. The van der Waals surface area contributed by atoms with Crippen LogP contribution in [0.3, 0.4) is 0 Å². The maximum Gasteiger partial charge on any atom is 0.262 e. The molecule has 4 fully saturated rings. The summed E-state index contributed by atoms with van der Waals surface area (Å²) < 4.78 is 21.4. The number of aromatic nitrogens is 2. The number of likely N-dealkylation sites (tertiary alicyclic amines) is 1. The van der Waals surface area contributed by atoms with Gasteiger partial charge in [-0.05, 0) is 80.0 Å². The minimum absolute atomic E-state index is 0.0156. The van der Waals surface area contributed by atoms with E-state index in [9.17, 15) is 28.8 Å². The van der Waals surface area contributed by atoms with E-state index in [1.54, 1.807) is 4.90 Å². The van der Waals surface area contributed by atoms with Crippen LogP contribution >= 0.6 is 0 Å². The molecule has 0 radical (unpaired) electrons. The van der Waals surface area contributed by atoms with E-state index < -0.39 is 41.6 Å². The number of amides is 6. The third-order valence-corrected chi connectivity index (χ3v) is 13.7. The Kier molecular flexibility index (Phi) is 10.5. The van der Waals surface area contributed by atoms with Gasteiger partial charge in [0, 0.05) is 75.2 Å². The molecule has 1 aromatic heterocycles. The van der Waals surface area contributed by atoms with Gasteiger partial charge in [-0.2, -0.15) is 5.10 Å². The molecule has 6 aliphatic heterocycles. The number of H-pyrrole nitrogens is 1. The molecule has 16 nitrogen and oxygen atoms in total. The Morgan fingerprint density at radius 2 is 1.59 bits per heavy atom. The molecule has 0 spiro atoms. The number of piperazine rings is 1. The summed E-state index contributed by atoms with van der Waals surface area (Å²) in [6.45, 7) is 4.90. The molecule has 3 N–H and O–H groups in total. The highest BCUT2D eigenvalue weighted by Crippen LogP contribution is 2.40. The summed E-state index contributed by atoms with van der Waals surface area (Å²) in [6.07, 6.45) is 3.14. The van der Waals surface area contributed by atoms with Gasteiger partial charge in [-0.15, -0.1) is 0 Å². The largest absolute Gasteiger partial charge is 0.372 e. The van der Waals surface area contributed by atoms with Crippen molar-refractivity contribution in [2.45, 2.75) is 75.8 Å². The lowest BCUT2D eigenvalue weighted by molar-refractivity contribution is -0.143. The van der Waals surface area contributed by atoms with E-state index in [1.165, 1.54) is 13.2 Å². The van der Waals surface area contributed by atoms with Crippen molar-refractivity contribution in [2.24, 2.45) is 5.92 Å². The summed E-state index contributed by atoms with van der Waals surface area (Å²) in [4.78, 5) is 87.2. The number of nitrogens with one attached hydrogen (secondary N) is 3. The fraction of sp³-hybridized carbons (Fsp3) is 0.413. The highest BCUT2D eigenvalue weighted by molar-refractivity contribution is 6.23. The van der Waals surface area contributed by atoms with E-state index >= 15 is 4.39 Å². The van der Waals surface area contributed by atoms with E-state index in [1.807, 2.05) is 54.6 Å². The van der Waals surface area contributed by atoms with E-state index in [2.05, 4.69) is 35.5 Å². The predicted octanol–water partition coefficient (Wildman–Crippen LogP) is 4.00. The minimum Gasteiger partial charge on any atom is -0.372 e. The number of halogens is 1. The number of nitrogens with zero attached hydrogens (tertiary/aromatic N) is 6. The fourth-order valence-corrected chi connectivity index (χ4v) is 10.5. The molecule has 326 valence electrons. The number of aromatic amines is 1. The summed E-state index contributed by atoms with van der Waals surface area (Å²) in [7, 11) is 1.52. The summed E-state index contributed by atoms with van der Waals surface area (Å²) in [5, 5.41) is 12.4. The molecule has 10 rings (SSSR count). The van der Waals surface area contributed by atoms with E-state index in [-0.39, 0.29) is 47.9 Å². The first-order chi connectivity index (χ1) is 30.5. The molecular weight excluding hydrogens is 810 g/mol. The van der Waals surface area contributed by atoms with E-state index in [4.69, 9.17) is 4.74 Å². The van der Waals surface area contributed by atoms with Gasteiger partial charge in [-0.3, -0.25) is 49.0 Å². The maximum atomic E-state index is 15.8. The molecule has 4 aromatic rings. The number of carbonyl (C=O) groups excluding carboxylic acids is 6. The van der Waals surface area contributed by atoms with E-state index in [0.717, 1.165) is 91.9 Å². The Bertz CT molecular complexity index is 2490. The summed E-state index contributed by atoms with van der Waals surface area (Å²) in [6, 6.07) is 18.6. The van der Waals surface area contributed by atoms with Crippen molar-refractivity contribution in [1.29, 1.82) is 0 Å². The van der Waals surface area contributed by atoms with Gasteiger partial charge < -0.3 is 24.8 Å². The number of piperidine rings is 2. The molecule has 63 heavy (non-hydrogen) atoms. The number of rotatable bonds is 10. The zero-order valence-electron chi connectivity index (χ0n) is 34.8. The number of methoxy groups -OCH3 is 1. The lowest BCUT2D eigenvalue weighted by atomic mass is 9.95. The van der Waals surface area contributed by atoms with Crippen LogP contribution in [0, 0.1) is 11.7 Å². The molecule has 6 amide bonds. The van der Waals surface area contributed by atoms with Gasteiger partial charge in [0.15, 0.2) is 11.9 Å². The Morgan fingerprint density at radius 1 is 0.889 bits per heavy atom. The Hall–Kier alpha value is -6.46. The first kappa shape index (κ1) is 40.6. The monoisotopic (exact) mass is 857 g/mol. The molecule has 0 saturated carbocycles. The topological polar surface area (TPSA) is 181 Å². The fourth-order valence-electron chi connectivity index (χ4n) is 10.5. The first-order valence-electron chi connectivity index (χ1n) is 21.7. The maximum absolute atomic E-state index is 15.8. The van der Waals surface area contributed by atoms with E-state index in [0.29, 0.717) is 36.1 Å². The van der Waals surface area contributed by atoms with Gasteiger partial charge >= 0.3 is 0 Å². The van der Waals surface area contributed by atoms with Crippen LogP contribution in [-0.2, 0) is 32.2 Å². The SMILES string of the molecule is COC(C(=O)N1Cc2[nH]nc(NC(=O)c3ccc(N4CCC(CN5CC6CCC(C5)N6c5cc6c(cc5F)C(=O)N(C5CCC(=O)NC5=O)C6=O)CC4)cc3)c2C1)c1ccccc1. The normalized spacial score (nSPS) is 23.0. The molecule has 6 aliphatic rings. The van der Waals surface area contributed by atoms with Crippen molar-refractivity contribution in [2.75, 3.05) is 55.0 Å². The standard InChI is InChI=1S/C46H48FN9O7/c1-63-40(27-5-3-2-4-6-27)46(62)54-24-34-36(25-54)50-51-41(34)49-42(58)28-7-9-29(10-8-28)53-17-15-26(16-18-53)21-52-22-30-11-12-31(23-52)55(30)38-20-33-32(19-35(38)47)44(60)56(45(33)61)37-13-14-39(57)48-43(37)59/h2-10,19-20,26,30-31,37,40H,11-18,21-25H2,1H3,(H,48,57,59)(H2,49,50,51,58). The Balaban J connectivity index is 0.711. The van der Waals surface area contributed by atoms with Crippen LogP contribution in [0.5, 0.6) is 0 Å². The second-order valence-corrected chi connectivity index (χ2v) is 17.5. The van der Waals surface area contributed by atoms with Crippen LogP contribution in [0.15, 0.2) is 66.7 Å². The quantitative estimate of drug-likeness (QED) is 0.196. The molecule has 0 aliphatic carbocycles. The van der Waals surface area contributed by atoms with Gasteiger partial charge in [0.1, 0.15) is 11.9 Å². The molecule has 4 unspecified atom stereocenters. The van der Waals surface area contributed by atoms with Gasteiger partial charge in [0.25, 0.3) is 23.6 Å². The minimum atomic E-state index is -1.10. The zero-order chi connectivity index (χ0) is 43.5. The smallest absolute Gasteiger partial charge is 0.262 e. The van der Waals surface area contributed by atoms with Gasteiger partial charge in [0.05, 0.1) is 35.6 Å². The van der Waals surface area contributed by atoms with Gasteiger partial charge in [-0.1, -0.05) is 30.3 Å². The van der Waals surface area contributed by atoms with Gasteiger partial charge in [-0.25, -0.2) is 4.39 Å². The average Bonchev–Trinajstić information content (AvgIpc) is 4.01. The second kappa shape index (κ2) is 16.3. The van der Waals surface area contributed by atoms with Gasteiger partial charge in [0.2, 0.25) is 11.8 Å². The average molecular weight is 858 g/mol. The van der Waals surface area contributed by atoms with Crippen LogP contribution in [0.4, 0.5) is 21.6 Å². The van der Waals surface area contributed by atoms with Crippen molar-refractivity contribution in [3.05, 3.63) is 106 Å². The van der Waals surface area contributed by atoms with Crippen molar-refractivity contribution < 1.29 is 37.9 Å². The number of hydrogen-bond acceptors (Lipinski definition) is 11. The lowest BCUT2D eigenvalue weighted by Crippen LogP contribution is -2.55. The zero-order valence-corrected chi connectivity index (χ0v) is 34.8. The number of anilines is 3. The number of carbonyl (C=O) groups is 6. The number of hydrogen-bond donors (Lipinski definition) is 3. The number of ether oxygens (including phenoxy) is 1. The third-order valence-electron chi connectivity index (χ3n) is 13.7. The highest BCUT2D eigenvalue weighted by Gasteiger charge is 2.47. The number of imide groups is 2. The molecule has 4 atom stereocenters. The van der Waals surface area contributed by atoms with Crippen LogP contribution < -0.4 is 20.4 Å². The van der Waals surface area contributed by atoms with Crippen LogP contribution in [-0.4, -0.2) is 118 Å². The Labute approximate surface area is 362 Å². The third kappa shape index (κ3) is 7.41. The molecule has 17 heteroatoms. The van der Waals surface area contributed by atoms with Crippen molar-refractivity contribution >= 4 is 52.6 Å². The molecule has 7 heterocycles. The summed E-state index contributed by atoms with van der Waals surface area (Å²) in [5.41, 5.74) is 4.24.